The Morgan fingerprint density at radius 3 is 1.79 bits per heavy atom. The van der Waals surface area contributed by atoms with Gasteiger partial charge in [0.1, 0.15) is 0 Å². The zero-order chi connectivity index (χ0) is 10.2. The molecule has 0 aliphatic carbocycles. The first kappa shape index (κ1) is 17.3. The molecule has 0 aliphatic heterocycles. The van der Waals surface area contributed by atoms with Gasteiger partial charge >= 0.3 is 29.6 Å². The Hall–Kier alpha value is 0.910. The van der Waals surface area contributed by atoms with Gasteiger partial charge in [0.05, 0.1) is 5.75 Å². The van der Waals surface area contributed by atoms with Crippen molar-refractivity contribution in [2.45, 2.75) is 51.9 Å². The Labute approximate surface area is 110 Å². The van der Waals surface area contributed by atoms with Crippen LogP contribution in [0.4, 0.5) is 0 Å². The maximum absolute atomic E-state index is 10.3. The van der Waals surface area contributed by atoms with Gasteiger partial charge in [0.25, 0.3) is 10.1 Å². The van der Waals surface area contributed by atoms with Gasteiger partial charge < -0.3 is 0 Å². The molecule has 0 fully saturated rings. The molecule has 0 aromatic heterocycles. The Morgan fingerprint density at radius 2 is 1.36 bits per heavy atom. The van der Waals surface area contributed by atoms with Crippen LogP contribution >= 0.6 is 0 Å². The zero-order valence-electron chi connectivity index (χ0n) is 8.33. The summed E-state index contributed by atoms with van der Waals surface area (Å²) in [6.07, 6.45) is 7.48. The molecule has 0 aliphatic rings. The molecule has 0 heterocycles. The molecular weight excluding hydrogens is 211 g/mol. The second-order valence-corrected chi connectivity index (χ2v) is 4.98. The van der Waals surface area contributed by atoms with Gasteiger partial charge in [-0.05, 0) is 6.42 Å². The molecule has 0 saturated carbocycles. The number of rotatable bonds is 8. The summed E-state index contributed by atoms with van der Waals surface area (Å²) in [6.45, 7) is 2.17. The maximum atomic E-state index is 10.3. The Bertz CT molecular complexity index is 202. The minimum atomic E-state index is -3.72. The fourth-order valence-corrected chi connectivity index (χ4v) is 1.81. The van der Waals surface area contributed by atoms with Crippen LogP contribution < -0.4 is 0 Å². The van der Waals surface area contributed by atoms with E-state index in [4.69, 9.17) is 4.55 Å². The van der Waals surface area contributed by atoms with Crippen molar-refractivity contribution in [2.24, 2.45) is 0 Å². The predicted molar refractivity (Wildman–Crippen MR) is 61.6 cm³/mol. The zero-order valence-corrected chi connectivity index (χ0v) is 9.15. The van der Waals surface area contributed by atoms with E-state index in [-0.39, 0.29) is 35.3 Å². The molecule has 0 rings (SSSR count). The molecule has 0 saturated heterocycles. The van der Waals surface area contributed by atoms with Gasteiger partial charge in [0.15, 0.2) is 0 Å². The van der Waals surface area contributed by atoms with Gasteiger partial charge in [-0.15, -0.1) is 0 Å². The monoisotopic (exact) mass is 232 g/mol. The van der Waals surface area contributed by atoms with E-state index >= 15 is 0 Å². The fraction of sp³-hybridized carbons (Fsp3) is 1.00. The van der Waals surface area contributed by atoms with Crippen LogP contribution in [0.15, 0.2) is 0 Å². The SMILES string of the molecule is CCCCCCCCCS(=O)(=O)O.[NaH]. The van der Waals surface area contributed by atoms with Crippen LogP contribution in [0, 0.1) is 0 Å². The van der Waals surface area contributed by atoms with Crippen molar-refractivity contribution in [1.29, 1.82) is 0 Å². The molecule has 0 radical (unpaired) electrons. The first-order chi connectivity index (χ1) is 6.06. The molecule has 0 spiro atoms. The summed E-state index contributed by atoms with van der Waals surface area (Å²) in [5, 5.41) is 0. The number of unbranched alkanes of at least 4 members (excludes halogenated alkanes) is 6. The Morgan fingerprint density at radius 1 is 0.929 bits per heavy atom. The average molecular weight is 232 g/mol. The summed E-state index contributed by atoms with van der Waals surface area (Å²) in [7, 11) is -3.72. The van der Waals surface area contributed by atoms with Crippen molar-refractivity contribution < 1.29 is 13.0 Å². The van der Waals surface area contributed by atoms with Crippen molar-refractivity contribution >= 4 is 39.7 Å². The molecule has 0 aromatic carbocycles. The van der Waals surface area contributed by atoms with Gasteiger partial charge in [-0.1, -0.05) is 45.4 Å². The topological polar surface area (TPSA) is 54.4 Å². The van der Waals surface area contributed by atoms with E-state index in [2.05, 4.69) is 6.92 Å². The third-order valence-electron chi connectivity index (χ3n) is 2.01. The first-order valence-corrected chi connectivity index (χ1v) is 6.62. The minimum absolute atomic E-state index is 0. The Kier molecular flexibility index (Phi) is 12.9. The van der Waals surface area contributed by atoms with Gasteiger partial charge in [-0.25, -0.2) is 0 Å². The molecule has 0 unspecified atom stereocenters. The molecule has 14 heavy (non-hydrogen) atoms. The summed E-state index contributed by atoms with van der Waals surface area (Å²) in [4.78, 5) is 0. The van der Waals surface area contributed by atoms with E-state index in [1.54, 1.807) is 0 Å². The second kappa shape index (κ2) is 10.4. The normalized spacial score (nSPS) is 11.0. The standard InChI is InChI=1S/C9H20O3S.Na.H/c1-2-3-4-5-6-7-8-9-13(10,11)12;;/h2-9H2,1H3,(H,10,11,12);;. The van der Waals surface area contributed by atoms with Gasteiger partial charge in [-0.2, -0.15) is 8.42 Å². The Balaban J connectivity index is 0. The summed E-state index contributed by atoms with van der Waals surface area (Å²) in [5.74, 6) is -0.0826. The van der Waals surface area contributed by atoms with E-state index < -0.39 is 10.1 Å². The summed E-state index contributed by atoms with van der Waals surface area (Å²) in [6, 6.07) is 0. The van der Waals surface area contributed by atoms with Gasteiger partial charge in [-0.3, -0.25) is 4.55 Å². The predicted octanol–water partition coefficient (Wildman–Crippen LogP) is 1.98. The van der Waals surface area contributed by atoms with E-state index in [9.17, 15) is 8.42 Å². The quantitative estimate of drug-likeness (QED) is 0.395. The molecule has 1 N–H and O–H groups in total. The van der Waals surface area contributed by atoms with E-state index in [1.165, 1.54) is 25.7 Å². The van der Waals surface area contributed by atoms with Crippen LogP contribution in [0.25, 0.3) is 0 Å². The van der Waals surface area contributed by atoms with Crippen LogP contribution in [-0.4, -0.2) is 48.3 Å². The van der Waals surface area contributed by atoms with Crippen molar-refractivity contribution in [2.75, 3.05) is 5.75 Å². The molecule has 5 heteroatoms. The first-order valence-electron chi connectivity index (χ1n) is 5.01. The van der Waals surface area contributed by atoms with Gasteiger partial charge in [0, 0.05) is 0 Å². The molecule has 3 nitrogen and oxygen atoms in total. The molecular formula is C9H21NaO3S. The second-order valence-electron chi connectivity index (χ2n) is 3.41. The van der Waals surface area contributed by atoms with E-state index in [0.717, 1.165) is 12.8 Å². The van der Waals surface area contributed by atoms with E-state index in [0.29, 0.717) is 6.42 Å². The van der Waals surface area contributed by atoms with Crippen LogP contribution in [0.2, 0.25) is 0 Å². The molecule has 82 valence electrons. The molecule has 0 bridgehead atoms. The summed E-state index contributed by atoms with van der Waals surface area (Å²) in [5.41, 5.74) is 0. The average Bonchev–Trinajstić information content (AvgIpc) is 2.01. The molecule has 0 atom stereocenters. The molecule has 0 amide bonds. The third-order valence-corrected chi connectivity index (χ3v) is 2.81. The van der Waals surface area contributed by atoms with E-state index in [1.807, 2.05) is 0 Å². The van der Waals surface area contributed by atoms with Crippen LogP contribution in [0.5, 0.6) is 0 Å². The molecule has 0 aromatic rings. The number of hydrogen-bond donors (Lipinski definition) is 1. The summed E-state index contributed by atoms with van der Waals surface area (Å²) < 4.78 is 29.1. The van der Waals surface area contributed by atoms with Crippen LogP contribution in [-0.2, 0) is 10.1 Å². The van der Waals surface area contributed by atoms with Crippen molar-refractivity contribution in [3.63, 3.8) is 0 Å². The van der Waals surface area contributed by atoms with Crippen LogP contribution in [0.3, 0.4) is 0 Å². The van der Waals surface area contributed by atoms with Crippen molar-refractivity contribution in [1.82, 2.24) is 0 Å². The van der Waals surface area contributed by atoms with Crippen molar-refractivity contribution in [3.8, 4) is 0 Å². The van der Waals surface area contributed by atoms with Crippen LogP contribution in [0.1, 0.15) is 51.9 Å². The third kappa shape index (κ3) is 15.4. The van der Waals surface area contributed by atoms with Gasteiger partial charge in [0.2, 0.25) is 0 Å². The summed E-state index contributed by atoms with van der Waals surface area (Å²) >= 11 is 0. The fourth-order valence-electron chi connectivity index (χ4n) is 1.24. The van der Waals surface area contributed by atoms with Crippen molar-refractivity contribution in [3.05, 3.63) is 0 Å². The number of hydrogen-bond acceptors (Lipinski definition) is 2.